The van der Waals surface area contributed by atoms with E-state index in [1.807, 2.05) is 37.3 Å². The van der Waals surface area contributed by atoms with Crippen LogP contribution in [0.4, 0.5) is 11.5 Å². The van der Waals surface area contributed by atoms with Gasteiger partial charge in [0, 0.05) is 12.7 Å². The predicted octanol–water partition coefficient (Wildman–Crippen LogP) is 1.03. The van der Waals surface area contributed by atoms with Crippen molar-refractivity contribution >= 4 is 17.4 Å². The lowest BCUT2D eigenvalue weighted by atomic mass is 10.2. The van der Waals surface area contributed by atoms with Gasteiger partial charge in [-0.1, -0.05) is 37.3 Å². The minimum atomic E-state index is -0.636. The monoisotopic (exact) mass is 368 g/mol. The molecule has 0 bridgehead atoms. The lowest BCUT2D eigenvalue weighted by Gasteiger charge is -2.09. The van der Waals surface area contributed by atoms with Gasteiger partial charge in [-0.05, 0) is 12.0 Å². The number of carbonyl (C=O) groups excluding carboxylic acids is 1. The molecule has 9 nitrogen and oxygen atoms in total. The first-order chi connectivity index (χ1) is 13.0. The fraction of sp³-hybridized carbons (Fsp3) is 0.222. The minimum Gasteiger partial charge on any atom is -0.383 e. The molecule has 3 rings (SSSR count). The van der Waals surface area contributed by atoms with Gasteiger partial charge in [0.25, 0.3) is 11.5 Å². The molecule has 1 aromatic carbocycles. The number of hydrogen-bond acceptors (Lipinski definition) is 5. The zero-order chi connectivity index (χ0) is 19.4. The Bertz CT molecular complexity index is 1060. The first-order valence-electron chi connectivity index (χ1n) is 8.50. The van der Waals surface area contributed by atoms with Crippen LogP contribution in [0.1, 0.15) is 29.3 Å². The van der Waals surface area contributed by atoms with Crippen molar-refractivity contribution in [3.8, 4) is 0 Å². The molecule has 9 heteroatoms. The van der Waals surface area contributed by atoms with Gasteiger partial charge in [-0.3, -0.25) is 23.8 Å². The van der Waals surface area contributed by atoms with Crippen molar-refractivity contribution in [2.45, 2.75) is 26.4 Å². The van der Waals surface area contributed by atoms with Crippen molar-refractivity contribution in [3.05, 3.63) is 74.7 Å². The summed E-state index contributed by atoms with van der Waals surface area (Å²) in [6.07, 6.45) is 3.58. The molecule has 1 amide bonds. The number of hydrogen-bond donors (Lipinski definition) is 3. The van der Waals surface area contributed by atoms with Gasteiger partial charge in [0.15, 0.2) is 0 Å². The van der Waals surface area contributed by atoms with Crippen molar-refractivity contribution in [3.63, 3.8) is 0 Å². The van der Waals surface area contributed by atoms with E-state index in [1.165, 1.54) is 6.20 Å². The van der Waals surface area contributed by atoms with Crippen LogP contribution in [-0.2, 0) is 13.1 Å². The molecule has 0 aliphatic heterocycles. The number of anilines is 2. The zero-order valence-electron chi connectivity index (χ0n) is 14.8. The maximum atomic E-state index is 12.5. The van der Waals surface area contributed by atoms with Crippen LogP contribution < -0.4 is 22.3 Å². The molecular formula is C18H20N6O3. The van der Waals surface area contributed by atoms with Gasteiger partial charge in [0.2, 0.25) is 0 Å². The van der Waals surface area contributed by atoms with E-state index in [-0.39, 0.29) is 23.6 Å². The second-order valence-corrected chi connectivity index (χ2v) is 6.04. The molecule has 0 saturated carbocycles. The van der Waals surface area contributed by atoms with Crippen LogP contribution in [0, 0.1) is 0 Å². The number of nitrogen functional groups attached to an aromatic ring is 1. The van der Waals surface area contributed by atoms with Gasteiger partial charge < -0.3 is 11.1 Å². The number of benzene rings is 1. The van der Waals surface area contributed by atoms with E-state index >= 15 is 0 Å². The normalized spacial score (nSPS) is 10.7. The van der Waals surface area contributed by atoms with Crippen molar-refractivity contribution in [1.82, 2.24) is 19.3 Å². The fourth-order valence-corrected chi connectivity index (χ4v) is 2.66. The molecule has 2 heterocycles. The van der Waals surface area contributed by atoms with E-state index in [9.17, 15) is 14.4 Å². The van der Waals surface area contributed by atoms with Crippen LogP contribution in [0.3, 0.4) is 0 Å². The van der Waals surface area contributed by atoms with E-state index in [0.717, 1.165) is 10.1 Å². The first-order valence-corrected chi connectivity index (χ1v) is 8.50. The Balaban J connectivity index is 1.81. The number of rotatable bonds is 6. The molecule has 3 aromatic rings. The predicted molar refractivity (Wildman–Crippen MR) is 102 cm³/mol. The summed E-state index contributed by atoms with van der Waals surface area (Å²) < 4.78 is 2.63. The summed E-state index contributed by atoms with van der Waals surface area (Å²) in [4.78, 5) is 39.1. The van der Waals surface area contributed by atoms with Gasteiger partial charge in [-0.2, -0.15) is 5.10 Å². The first kappa shape index (κ1) is 18.2. The van der Waals surface area contributed by atoms with Crippen molar-refractivity contribution in [1.29, 1.82) is 0 Å². The smallest absolute Gasteiger partial charge is 0.330 e. The molecule has 140 valence electrons. The fourth-order valence-electron chi connectivity index (χ4n) is 2.66. The zero-order valence-corrected chi connectivity index (χ0v) is 14.8. The number of aromatic amines is 1. The molecule has 0 fully saturated rings. The van der Waals surface area contributed by atoms with E-state index < -0.39 is 17.2 Å². The van der Waals surface area contributed by atoms with Gasteiger partial charge in [-0.15, -0.1) is 0 Å². The molecular weight excluding hydrogens is 348 g/mol. The summed E-state index contributed by atoms with van der Waals surface area (Å²) in [6, 6.07) is 9.68. The second kappa shape index (κ2) is 7.73. The molecule has 0 spiro atoms. The number of nitrogens with one attached hydrogen (secondary N) is 2. The van der Waals surface area contributed by atoms with Crippen LogP contribution >= 0.6 is 0 Å². The molecule has 0 unspecified atom stereocenters. The average molecular weight is 368 g/mol. The summed E-state index contributed by atoms with van der Waals surface area (Å²) in [5, 5.41) is 6.64. The number of nitrogens with zero attached hydrogens (tertiary/aromatic N) is 3. The quantitative estimate of drug-likeness (QED) is 0.599. The largest absolute Gasteiger partial charge is 0.383 e. The average Bonchev–Trinajstić information content (AvgIpc) is 3.11. The number of carbonyl (C=O) groups is 1. The molecule has 27 heavy (non-hydrogen) atoms. The maximum Gasteiger partial charge on any atom is 0.330 e. The molecule has 0 atom stereocenters. The minimum absolute atomic E-state index is 0.149. The molecule has 4 N–H and O–H groups in total. The number of H-pyrrole nitrogens is 1. The molecule has 0 radical (unpaired) electrons. The van der Waals surface area contributed by atoms with E-state index in [2.05, 4.69) is 15.4 Å². The third kappa shape index (κ3) is 3.97. The topological polar surface area (TPSA) is 128 Å². The summed E-state index contributed by atoms with van der Waals surface area (Å²) >= 11 is 0. The van der Waals surface area contributed by atoms with Gasteiger partial charge in [0.1, 0.15) is 11.5 Å². The van der Waals surface area contributed by atoms with Gasteiger partial charge >= 0.3 is 5.69 Å². The summed E-state index contributed by atoms with van der Waals surface area (Å²) in [6.45, 7) is 2.58. The SMILES string of the molecule is CCCn1c(=O)[nH]c(N)c(NC(=O)c2cnn(Cc3ccccc3)c2)c1=O. The lowest BCUT2D eigenvalue weighted by molar-refractivity contribution is 0.102. The highest BCUT2D eigenvalue weighted by Gasteiger charge is 2.16. The number of aromatic nitrogens is 4. The van der Waals surface area contributed by atoms with Gasteiger partial charge in [-0.25, -0.2) is 4.79 Å². The Hall–Kier alpha value is -3.62. The van der Waals surface area contributed by atoms with Crippen molar-refractivity contribution in [2.75, 3.05) is 11.1 Å². The van der Waals surface area contributed by atoms with Crippen LogP contribution in [0.15, 0.2) is 52.3 Å². The summed E-state index contributed by atoms with van der Waals surface area (Å²) in [5.74, 6) is -0.712. The Kier molecular flexibility index (Phi) is 5.20. The van der Waals surface area contributed by atoms with Crippen molar-refractivity contribution < 1.29 is 4.79 Å². The van der Waals surface area contributed by atoms with Crippen LogP contribution in [0.2, 0.25) is 0 Å². The highest BCUT2D eigenvalue weighted by molar-refractivity contribution is 6.05. The molecule has 2 aromatic heterocycles. The molecule has 0 aliphatic rings. The van der Waals surface area contributed by atoms with Gasteiger partial charge in [0.05, 0.1) is 18.3 Å². The standard InChI is InChI=1S/C18H20N6O3/c1-2-8-24-17(26)14(15(19)22-18(24)27)21-16(25)13-9-20-23(11-13)10-12-6-4-3-5-7-12/h3-7,9,11H,2,8,10,19H2,1H3,(H,21,25)(H,22,27). The third-order valence-corrected chi connectivity index (χ3v) is 3.98. The maximum absolute atomic E-state index is 12.5. The van der Waals surface area contributed by atoms with E-state index in [4.69, 9.17) is 5.73 Å². The van der Waals surface area contributed by atoms with Crippen LogP contribution in [0.25, 0.3) is 0 Å². The van der Waals surface area contributed by atoms with Crippen LogP contribution in [-0.4, -0.2) is 25.2 Å². The highest BCUT2D eigenvalue weighted by atomic mass is 16.2. The highest BCUT2D eigenvalue weighted by Crippen LogP contribution is 2.10. The Morgan fingerprint density at radius 1 is 1.26 bits per heavy atom. The summed E-state index contributed by atoms with van der Waals surface area (Å²) in [7, 11) is 0. The molecule has 0 aliphatic carbocycles. The van der Waals surface area contributed by atoms with Crippen LogP contribution in [0.5, 0.6) is 0 Å². The van der Waals surface area contributed by atoms with E-state index in [0.29, 0.717) is 13.0 Å². The van der Waals surface area contributed by atoms with E-state index in [1.54, 1.807) is 10.9 Å². The second-order valence-electron chi connectivity index (χ2n) is 6.04. The Morgan fingerprint density at radius 2 is 2.00 bits per heavy atom. The number of nitrogens with two attached hydrogens (primary N) is 1. The van der Waals surface area contributed by atoms with Crippen molar-refractivity contribution in [2.24, 2.45) is 0 Å². The Labute approximate surface area is 154 Å². The molecule has 0 saturated heterocycles. The Morgan fingerprint density at radius 3 is 2.70 bits per heavy atom. The summed E-state index contributed by atoms with van der Waals surface area (Å²) in [5.41, 5.74) is 5.65. The lowest BCUT2D eigenvalue weighted by Crippen LogP contribution is -2.38. The third-order valence-electron chi connectivity index (χ3n) is 3.98. The number of amides is 1.